The van der Waals surface area contributed by atoms with E-state index in [0.717, 1.165) is 24.3 Å². The van der Waals surface area contributed by atoms with Crippen LogP contribution >= 0.6 is 0 Å². The predicted octanol–water partition coefficient (Wildman–Crippen LogP) is 1.94. The number of alkyl halides is 3. The molecule has 0 bridgehead atoms. The van der Waals surface area contributed by atoms with Gasteiger partial charge in [0.05, 0.1) is 10.5 Å². The van der Waals surface area contributed by atoms with Crippen molar-refractivity contribution in [3.05, 3.63) is 53.2 Å². The molecule has 19 heavy (non-hydrogen) atoms. The first-order chi connectivity index (χ1) is 8.82. The summed E-state index contributed by atoms with van der Waals surface area (Å²) in [6.07, 6.45) is -0.238. The van der Waals surface area contributed by atoms with Crippen molar-refractivity contribution in [2.24, 2.45) is 0 Å². The normalized spacial score (nSPS) is 15.4. The summed E-state index contributed by atoms with van der Waals surface area (Å²) in [7, 11) is -3.86. The predicted molar refractivity (Wildman–Crippen MR) is 62.1 cm³/mol. The van der Waals surface area contributed by atoms with Crippen LogP contribution < -0.4 is 10.9 Å². The lowest BCUT2D eigenvalue weighted by Crippen LogP contribution is -2.32. The molecule has 0 radical (unpaired) electrons. The highest BCUT2D eigenvalue weighted by Crippen LogP contribution is 2.30. The van der Waals surface area contributed by atoms with Crippen LogP contribution in [0.4, 0.5) is 13.2 Å². The Morgan fingerprint density at radius 3 is 2.16 bits per heavy atom. The van der Waals surface area contributed by atoms with Gasteiger partial charge in [0.25, 0.3) is 0 Å². The van der Waals surface area contributed by atoms with Crippen LogP contribution in [0.3, 0.4) is 0 Å². The highest BCUT2D eigenvalue weighted by molar-refractivity contribution is 7.95. The molecule has 1 aromatic rings. The quantitative estimate of drug-likeness (QED) is 0.874. The van der Waals surface area contributed by atoms with Crippen LogP contribution in [0, 0.1) is 0 Å². The van der Waals surface area contributed by atoms with Crippen LogP contribution in [0.5, 0.6) is 0 Å². The van der Waals surface area contributed by atoms with Gasteiger partial charge < -0.3 is 5.43 Å². The Kier molecular flexibility index (Phi) is 3.27. The molecule has 0 fully saturated rings. The minimum atomic E-state index is -4.49. The molecule has 1 aliphatic rings. The van der Waals surface area contributed by atoms with Gasteiger partial charge in [-0.3, -0.25) is 5.43 Å². The standard InChI is InChI=1S/C11H9F3N2O2S/c12-11(13,14)8-3-5-9(6-4-8)19(17,18)10-2-1-7-15-16-10/h1-7,15-16H. The van der Waals surface area contributed by atoms with E-state index in [9.17, 15) is 21.6 Å². The van der Waals surface area contributed by atoms with Crippen molar-refractivity contribution in [3.8, 4) is 0 Å². The summed E-state index contributed by atoms with van der Waals surface area (Å²) in [5.41, 5.74) is 4.01. The van der Waals surface area contributed by atoms with Gasteiger partial charge in [-0.2, -0.15) is 13.2 Å². The molecule has 1 heterocycles. The fourth-order valence-corrected chi connectivity index (χ4v) is 2.64. The van der Waals surface area contributed by atoms with Gasteiger partial charge in [-0.05, 0) is 36.4 Å². The third-order valence-corrected chi connectivity index (χ3v) is 4.11. The fourth-order valence-electron chi connectivity index (χ4n) is 1.44. The van der Waals surface area contributed by atoms with Crippen LogP contribution in [0.1, 0.15) is 5.56 Å². The van der Waals surface area contributed by atoms with Crippen molar-refractivity contribution >= 4 is 9.84 Å². The third-order valence-electron chi connectivity index (χ3n) is 2.40. The molecule has 1 aromatic carbocycles. The number of allylic oxidation sites excluding steroid dienone is 2. The molecule has 102 valence electrons. The number of halogens is 3. The van der Waals surface area contributed by atoms with Crippen molar-refractivity contribution in [1.82, 2.24) is 10.9 Å². The number of hydrazine groups is 1. The molecule has 0 unspecified atom stereocenters. The van der Waals surface area contributed by atoms with Crippen LogP contribution in [0.25, 0.3) is 0 Å². The van der Waals surface area contributed by atoms with E-state index in [1.54, 1.807) is 0 Å². The van der Waals surface area contributed by atoms with Crippen molar-refractivity contribution in [3.63, 3.8) is 0 Å². The first-order valence-corrected chi connectivity index (χ1v) is 6.61. The molecule has 0 amide bonds. The van der Waals surface area contributed by atoms with Gasteiger partial charge in [0, 0.05) is 6.20 Å². The van der Waals surface area contributed by atoms with Crippen LogP contribution in [0.2, 0.25) is 0 Å². The topological polar surface area (TPSA) is 58.2 Å². The summed E-state index contributed by atoms with van der Waals surface area (Å²) in [6.45, 7) is 0. The summed E-state index contributed by atoms with van der Waals surface area (Å²) in [5, 5.41) is -0.130. The second-order valence-electron chi connectivity index (χ2n) is 3.68. The Labute approximate surface area is 107 Å². The Balaban J connectivity index is 2.37. The number of rotatable bonds is 2. The van der Waals surface area contributed by atoms with Crippen molar-refractivity contribution in [2.75, 3.05) is 0 Å². The van der Waals surface area contributed by atoms with E-state index >= 15 is 0 Å². The number of hydrogen-bond acceptors (Lipinski definition) is 4. The number of hydrogen-bond donors (Lipinski definition) is 2. The minimum absolute atomic E-state index is 0.130. The van der Waals surface area contributed by atoms with Crippen molar-refractivity contribution < 1.29 is 21.6 Å². The highest BCUT2D eigenvalue weighted by Gasteiger charge is 2.31. The molecule has 8 heteroatoms. The molecule has 1 aliphatic heterocycles. The molecule has 2 N–H and O–H groups in total. The van der Waals surface area contributed by atoms with Gasteiger partial charge >= 0.3 is 6.18 Å². The Morgan fingerprint density at radius 2 is 1.68 bits per heavy atom. The zero-order chi connectivity index (χ0) is 14.1. The van der Waals surface area contributed by atoms with Crippen molar-refractivity contribution in [1.29, 1.82) is 0 Å². The first-order valence-electron chi connectivity index (χ1n) is 5.12. The summed E-state index contributed by atoms with van der Waals surface area (Å²) in [4.78, 5) is -0.212. The third kappa shape index (κ3) is 2.73. The maximum Gasteiger partial charge on any atom is 0.416 e. The van der Waals surface area contributed by atoms with Gasteiger partial charge in [-0.15, -0.1) is 0 Å². The van der Waals surface area contributed by atoms with E-state index < -0.39 is 21.6 Å². The number of nitrogens with one attached hydrogen (secondary N) is 2. The van der Waals surface area contributed by atoms with Gasteiger partial charge in [0.2, 0.25) is 9.84 Å². The van der Waals surface area contributed by atoms with E-state index in [2.05, 4.69) is 10.9 Å². The summed E-state index contributed by atoms with van der Waals surface area (Å²) < 4.78 is 61.3. The summed E-state index contributed by atoms with van der Waals surface area (Å²) in [6, 6.07) is 3.33. The fraction of sp³-hybridized carbons (Fsp3) is 0.0909. The Bertz CT molecular complexity index is 631. The Hall–Kier alpha value is -1.96. The van der Waals surface area contributed by atoms with Gasteiger partial charge in [0.15, 0.2) is 5.03 Å². The molecule has 0 atom stereocenters. The van der Waals surface area contributed by atoms with E-state index in [1.165, 1.54) is 18.4 Å². The lowest BCUT2D eigenvalue weighted by atomic mass is 10.2. The van der Waals surface area contributed by atoms with Crippen LogP contribution in [-0.2, 0) is 16.0 Å². The monoisotopic (exact) mass is 290 g/mol. The molecule has 0 aromatic heterocycles. The van der Waals surface area contributed by atoms with E-state index in [4.69, 9.17) is 0 Å². The van der Waals surface area contributed by atoms with E-state index in [-0.39, 0.29) is 9.92 Å². The molecular formula is C11H9F3N2O2S. The molecule has 0 saturated carbocycles. The smallest absolute Gasteiger partial charge is 0.308 e. The maximum atomic E-state index is 12.4. The van der Waals surface area contributed by atoms with Crippen LogP contribution in [-0.4, -0.2) is 8.42 Å². The molecule has 0 spiro atoms. The average molecular weight is 290 g/mol. The molecular weight excluding hydrogens is 281 g/mol. The summed E-state index contributed by atoms with van der Waals surface area (Å²) >= 11 is 0. The zero-order valence-corrected chi connectivity index (χ0v) is 10.2. The van der Waals surface area contributed by atoms with Crippen LogP contribution in [0.15, 0.2) is 52.5 Å². The average Bonchev–Trinajstić information content (AvgIpc) is 2.39. The molecule has 0 aliphatic carbocycles. The van der Waals surface area contributed by atoms with Gasteiger partial charge in [-0.25, -0.2) is 8.42 Å². The molecule has 0 saturated heterocycles. The maximum absolute atomic E-state index is 12.4. The highest BCUT2D eigenvalue weighted by atomic mass is 32.2. The first kappa shape index (κ1) is 13.5. The largest absolute Gasteiger partial charge is 0.416 e. The van der Waals surface area contributed by atoms with Gasteiger partial charge in [-0.1, -0.05) is 0 Å². The van der Waals surface area contributed by atoms with Crippen molar-refractivity contribution in [2.45, 2.75) is 11.1 Å². The number of sulfone groups is 1. The summed E-state index contributed by atoms with van der Waals surface area (Å²) in [5.74, 6) is 0. The second-order valence-corrected chi connectivity index (χ2v) is 5.60. The van der Waals surface area contributed by atoms with E-state index in [1.807, 2.05) is 0 Å². The Morgan fingerprint density at radius 1 is 1.05 bits per heavy atom. The molecule has 2 rings (SSSR count). The second kappa shape index (κ2) is 4.61. The zero-order valence-electron chi connectivity index (χ0n) is 9.40. The SMILES string of the molecule is O=S(=O)(C1=CC=CNN1)c1ccc(C(F)(F)F)cc1. The van der Waals surface area contributed by atoms with E-state index in [0.29, 0.717) is 0 Å². The molecule has 4 nitrogen and oxygen atoms in total. The minimum Gasteiger partial charge on any atom is -0.308 e. The van der Waals surface area contributed by atoms with Gasteiger partial charge in [0.1, 0.15) is 0 Å². The number of benzene rings is 1. The lowest BCUT2D eigenvalue weighted by molar-refractivity contribution is -0.137. The lowest BCUT2D eigenvalue weighted by Gasteiger charge is -2.14.